The Kier molecular flexibility index (Phi) is 4.97. The van der Waals surface area contributed by atoms with Gasteiger partial charge in [-0.05, 0) is 19.1 Å². The summed E-state index contributed by atoms with van der Waals surface area (Å²) in [5.41, 5.74) is -0.0126. The second kappa shape index (κ2) is 6.26. The van der Waals surface area contributed by atoms with Crippen molar-refractivity contribution in [3.05, 3.63) is 28.8 Å². The molecule has 1 amide bonds. The molecule has 0 fully saturated rings. The smallest absolute Gasteiger partial charge is 0.337 e. The van der Waals surface area contributed by atoms with Crippen molar-refractivity contribution in [2.75, 3.05) is 6.61 Å². The SMILES string of the molecule is CC(=O)NC(C)COc1cccc(C(=O)O)c1Cl. The Balaban J connectivity index is 2.71. The van der Waals surface area contributed by atoms with E-state index in [0.29, 0.717) is 0 Å². The molecule has 1 unspecified atom stereocenters. The van der Waals surface area contributed by atoms with Crippen molar-refractivity contribution >= 4 is 23.5 Å². The van der Waals surface area contributed by atoms with Gasteiger partial charge in [0.25, 0.3) is 0 Å². The fourth-order valence-electron chi connectivity index (χ4n) is 1.39. The Hall–Kier alpha value is -1.75. The number of nitrogens with one attached hydrogen (secondary N) is 1. The normalized spacial score (nSPS) is 11.7. The summed E-state index contributed by atoms with van der Waals surface area (Å²) in [7, 11) is 0. The van der Waals surface area contributed by atoms with Crippen LogP contribution in [0.3, 0.4) is 0 Å². The standard InChI is InChI=1S/C12H14ClNO4/c1-7(14-8(2)15)6-18-10-5-3-4-9(11(10)13)12(16)17/h3-5,7H,6H2,1-2H3,(H,14,15)(H,16,17). The van der Waals surface area contributed by atoms with Crippen molar-refractivity contribution < 1.29 is 19.4 Å². The van der Waals surface area contributed by atoms with Gasteiger partial charge in [-0.2, -0.15) is 0 Å². The minimum atomic E-state index is -1.11. The van der Waals surface area contributed by atoms with E-state index >= 15 is 0 Å². The van der Waals surface area contributed by atoms with Crippen LogP contribution >= 0.6 is 11.6 Å². The van der Waals surface area contributed by atoms with Gasteiger partial charge >= 0.3 is 5.97 Å². The second-order valence-electron chi connectivity index (χ2n) is 3.84. The average Bonchev–Trinajstić information content (AvgIpc) is 2.26. The summed E-state index contributed by atoms with van der Waals surface area (Å²) >= 11 is 5.90. The number of aromatic carboxylic acids is 1. The lowest BCUT2D eigenvalue weighted by atomic mass is 10.2. The van der Waals surface area contributed by atoms with Crippen LogP contribution in [0.5, 0.6) is 5.75 Å². The predicted molar refractivity (Wildman–Crippen MR) is 67.2 cm³/mol. The van der Waals surface area contributed by atoms with Gasteiger partial charge < -0.3 is 15.2 Å². The molecule has 18 heavy (non-hydrogen) atoms. The van der Waals surface area contributed by atoms with Gasteiger partial charge in [-0.25, -0.2) is 4.79 Å². The summed E-state index contributed by atoms with van der Waals surface area (Å²) in [6, 6.07) is 4.34. The molecule has 5 nitrogen and oxygen atoms in total. The van der Waals surface area contributed by atoms with E-state index in [1.807, 2.05) is 0 Å². The van der Waals surface area contributed by atoms with Crippen LogP contribution in [-0.2, 0) is 4.79 Å². The average molecular weight is 272 g/mol. The number of benzene rings is 1. The predicted octanol–water partition coefficient (Wildman–Crippen LogP) is 1.94. The molecule has 1 rings (SSSR count). The van der Waals surface area contributed by atoms with Crippen molar-refractivity contribution in [3.63, 3.8) is 0 Å². The summed E-state index contributed by atoms with van der Waals surface area (Å²) in [5.74, 6) is -0.981. The van der Waals surface area contributed by atoms with Gasteiger partial charge in [0.15, 0.2) is 0 Å². The van der Waals surface area contributed by atoms with Gasteiger partial charge in [0, 0.05) is 6.92 Å². The zero-order chi connectivity index (χ0) is 13.7. The maximum absolute atomic E-state index is 10.9. The van der Waals surface area contributed by atoms with Gasteiger partial charge in [-0.1, -0.05) is 17.7 Å². The van der Waals surface area contributed by atoms with Crippen LogP contribution in [0.25, 0.3) is 0 Å². The molecule has 1 aromatic carbocycles. The van der Waals surface area contributed by atoms with Gasteiger partial charge in [0.2, 0.25) is 5.91 Å². The molecule has 6 heteroatoms. The number of carboxylic acid groups (broad SMARTS) is 1. The lowest BCUT2D eigenvalue weighted by Gasteiger charge is -2.15. The molecule has 98 valence electrons. The number of hydrogen-bond acceptors (Lipinski definition) is 3. The Labute approximate surface area is 110 Å². The highest BCUT2D eigenvalue weighted by atomic mass is 35.5. The lowest BCUT2D eigenvalue weighted by molar-refractivity contribution is -0.119. The first kappa shape index (κ1) is 14.3. The van der Waals surface area contributed by atoms with E-state index in [1.54, 1.807) is 19.1 Å². The number of amides is 1. The molecular weight excluding hydrogens is 258 g/mol. The van der Waals surface area contributed by atoms with Gasteiger partial charge in [-0.15, -0.1) is 0 Å². The molecule has 0 aliphatic carbocycles. The van der Waals surface area contributed by atoms with Gasteiger partial charge in [0.1, 0.15) is 12.4 Å². The van der Waals surface area contributed by atoms with Crippen molar-refractivity contribution in [2.24, 2.45) is 0 Å². The largest absolute Gasteiger partial charge is 0.490 e. The molecule has 2 N–H and O–H groups in total. The number of carbonyl (C=O) groups is 2. The Bertz CT molecular complexity index is 461. The highest BCUT2D eigenvalue weighted by molar-refractivity contribution is 6.34. The van der Waals surface area contributed by atoms with E-state index in [-0.39, 0.29) is 34.9 Å². The molecule has 0 aliphatic rings. The van der Waals surface area contributed by atoms with Crippen LogP contribution in [0.15, 0.2) is 18.2 Å². The van der Waals surface area contributed by atoms with E-state index in [9.17, 15) is 9.59 Å². The van der Waals surface area contributed by atoms with Crippen LogP contribution in [-0.4, -0.2) is 29.6 Å². The minimum absolute atomic E-state index is 0.0126. The molecule has 1 atom stereocenters. The summed E-state index contributed by atoms with van der Waals surface area (Å²) in [5, 5.41) is 11.6. The van der Waals surface area contributed by atoms with Crippen LogP contribution in [0, 0.1) is 0 Å². The number of carbonyl (C=O) groups excluding carboxylic acids is 1. The van der Waals surface area contributed by atoms with Crippen molar-refractivity contribution in [2.45, 2.75) is 19.9 Å². The van der Waals surface area contributed by atoms with Crippen molar-refractivity contribution in [1.82, 2.24) is 5.32 Å². The minimum Gasteiger partial charge on any atom is -0.490 e. The first-order valence-electron chi connectivity index (χ1n) is 5.33. The van der Waals surface area contributed by atoms with Crippen LogP contribution < -0.4 is 10.1 Å². The van der Waals surface area contributed by atoms with E-state index in [2.05, 4.69) is 5.32 Å². The molecule has 0 saturated heterocycles. The van der Waals surface area contributed by atoms with Crippen LogP contribution in [0.2, 0.25) is 5.02 Å². The quantitative estimate of drug-likeness (QED) is 0.858. The van der Waals surface area contributed by atoms with E-state index in [1.165, 1.54) is 13.0 Å². The monoisotopic (exact) mass is 271 g/mol. The maximum atomic E-state index is 10.9. The third kappa shape index (κ3) is 3.92. The van der Waals surface area contributed by atoms with Crippen LogP contribution in [0.4, 0.5) is 0 Å². The Morgan fingerprint density at radius 3 is 2.72 bits per heavy atom. The second-order valence-corrected chi connectivity index (χ2v) is 4.21. The van der Waals surface area contributed by atoms with Crippen molar-refractivity contribution in [1.29, 1.82) is 0 Å². The van der Waals surface area contributed by atoms with E-state index in [0.717, 1.165) is 0 Å². The summed E-state index contributed by atoms with van der Waals surface area (Å²) in [4.78, 5) is 21.7. The number of rotatable bonds is 5. The molecule has 0 aromatic heterocycles. The summed E-state index contributed by atoms with van der Waals surface area (Å²) in [6.07, 6.45) is 0. The van der Waals surface area contributed by atoms with Gasteiger partial charge in [-0.3, -0.25) is 4.79 Å². The highest BCUT2D eigenvalue weighted by Gasteiger charge is 2.13. The molecule has 1 aromatic rings. The first-order chi connectivity index (χ1) is 8.41. The molecule has 0 heterocycles. The Morgan fingerprint density at radius 2 is 2.17 bits per heavy atom. The fourth-order valence-corrected chi connectivity index (χ4v) is 1.65. The lowest BCUT2D eigenvalue weighted by Crippen LogP contribution is -2.35. The number of ether oxygens (including phenoxy) is 1. The highest BCUT2D eigenvalue weighted by Crippen LogP contribution is 2.28. The van der Waals surface area contributed by atoms with E-state index in [4.69, 9.17) is 21.4 Å². The summed E-state index contributed by atoms with van der Waals surface area (Å²) < 4.78 is 5.38. The number of carboxylic acids is 1. The number of hydrogen-bond donors (Lipinski definition) is 2. The molecule has 0 aliphatic heterocycles. The zero-order valence-corrected chi connectivity index (χ0v) is 10.8. The molecule has 0 saturated carbocycles. The molecule has 0 radical (unpaired) electrons. The molecule has 0 bridgehead atoms. The maximum Gasteiger partial charge on any atom is 0.337 e. The van der Waals surface area contributed by atoms with E-state index < -0.39 is 5.97 Å². The molecular formula is C12H14ClNO4. The number of halogens is 1. The summed E-state index contributed by atoms with van der Waals surface area (Å²) in [6.45, 7) is 3.40. The zero-order valence-electron chi connectivity index (χ0n) is 10.1. The topological polar surface area (TPSA) is 75.6 Å². The first-order valence-corrected chi connectivity index (χ1v) is 5.71. The van der Waals surface area contributed by atoms with Crippen molar-refractivity contribution in [3.8, 4) is 5.75 Å². The van der Waals surface area contributed by atoms with Crippen LogP contribution in [0.1, 0.15) is 24.2 Å². The van der Waals surface area contributed by atoms with Gasteiger partial charge in [0.05, 0.1) is 16.6 Å². The molecule has 0 spiro atoms. The Morgan fingerprint density at radius 1 is 1.50 bits per heavy atom. The third-order valence-electron chi connectivity index (χ3n) is 2.13. The third-order valence-corrected chi connectivity index (χ3v) is 2.52. The fraction of sp³-hybridized carbons (Fsp3) is 0.333.